The summed E-state index contributed by atoms with van der Waals surface area (Å²) in [5.74, 6) is 0.129. The number of carbonyl (C=O) groups excluding carboxylic acids is 2. The van der Waals surface area contributed by atoms with Gasteiger partial charge in [0.25, 0.3) is 0 Å². The van der Waals surface area contributed by atoms with E-state index in [-0.39, 0.29) is 11.8 Å². The predicted molar refractivity (Wildman–Crippen MR) is 94.6 cm³/mol. The maximum Gasteiger partial charge on any atom is 0.232 e. The molecule has 24 heavy (non-hydrogen) atoms. The lowest BCUT2D eigenvalue weighted by molar-refractivity contribution is -0.128. The van der Waals surface area contributed by atoms with Gasteiger partial charge in [0.2, 0.25) is 11.8 Å². The Balaban J connectivity index is 1.81. The van der Waals surface area contributed by atoms with Crippen molar-refractivity contribution in [2.75, 3.05) is 18.1 Å². The number of nitrogens with zero attached hydrogens (tertiary/aromatic N) is 2. The molecule has 124 valence electrons. The topological polar surface area (TPSA) is 40.6 Å². The van der Waals surface area contributed by atoms with Crippen LogP contribution in [0.25, 0.3) is 0 Å². The summed E-state index contributed by atoms with van der Waals surface area (Å²) in [5.41, 5.74) is 2.96. The van der Waals surface area contributed by atoms with Gasteiger partial charge < -0.3 is 4.90 Å². The van der Waals surface area contributed by atoms with E-state index >= 15 is 0 Å². The summed E-state index contributed by atoms with van der Waals surface area (Å²) in [6, 6.07) is 17.6. The zero-order valence-corrected chi connectivity index (χ0v) is 13.9. The number of likely N-dealkylation sites (tertiary alicyclic amines) is 1. The Bertz CT molecular complexity index is 710. The van der Waals surface area contributed by atoms with Gasteiger partial charge in [0.15, 0.2) is 0 Å². The summed E-state index contributed by atoms with van der Waals surface area (Å²) < 4.78 is 0. The van der Waals surface area contributed by atoms with Gasteiger partial charge in [-0.1, -0.05) is 48.0 Å². The molecule has 0 radical (unpaired) electrons. The number of hydrogen-bond donors (Lipinski definition) is 0. The first-order valence-electron chi connectivity index (χ1n) is 8.32. The van der Waals surface area contributed by atoms with Crippen LogP contribution in [0.3, 0.4) is 0 Å². The molecule has 0 atom stereocenters. The number of hydrogen-bond acceptors (Lipinski definition) is 2. The zero-order chi connectivity index (χ0) is 16.9. The van der Waals surface area contributed by atoms with Gasteiger partial charge in [0.1, 0.15) is 6.67 Å². The Labute approximate surface area is 142 Å². The summed E-state index contributed by atoms with van der Waals surface area (Å²) in [5, 5.41) is 0. The van der Waals surface area contributed by atoms with Gasteiger partial charge in [0, 0.05) is 18.7 Å². The van der Waals surface area contributed by atoms with Crippen LogP contribution >= 0.6 is 0 Å². The third kappa shape index (κ3) is 3.82. The average Bonchev–Trinajstić information content (AvgIpc) is 2.99. The number of carbonyl (C=O) groups is 2. The van der Waals surface area contributed by atoms with Crippen molar-refractivity contribution in [3.8, 4) is 0 Å². The highest BCUT2D eigenvalue weighted by atomic mass is 16.2. The van der Waals surface area contributed by atoms with Gasteiger partial charge in [-0.05, 0) is 31.0 Å². The molecule has 0 saturated carbocycles. The minimum absolute atomic E-state index is 0.00440. The SMILES string of the molecule is Cc1ccc(N(CN2CCCC2=O)C(=O)Cc2ccccc2)cc1. The van der Waals surface area contributed by atoms with E-state index < -0.39 is 0 Å². The molecule has 2 aromatic rings. The van der Waals surface area contributed by atoms with Crippen molar-refractivity contribution in [3.05, 3.63) is 65.7 Å². The Morgan fingerprint density at radius 2 is 1.79 bits per heavy atom. The fourth-order valence-corrected chi connectivity index (χ4v) is 2.92. The fraction of sp³-hybridized carbons (Fsp3) is 0.300. The van der Waals surface area contributed by atoms with Gasteiger partial charge in [-0.2, -0.15) is 0 Å². The maximum absolute atomic E-state index is 12.9. The number of amides is 2. The van der Waals surface area contributed by atoms with Crippen LogP contribution in [0.5, 0.6) is 0 Å². The Morgan fingerprint density at radius 1 is 1.08 bits per heavy atom. The molecule has 0 unspecified atom stereocenters. The molecule has 4 nitrogen and oxygen atoms in total. The van der Waals surface area contributed by atoms with Crippen LogP contribution in [0, 0.1) is 6.92 Å². The molecule has 0 aliphatic carbocycles. The molecule has 1 heterocycles. The predicted octanol–water partition coefficient (Wildman–Crippen LogP) is 3.15. The maximum atomic E-state index is 12.9. The second kappa shape index (κ2) is 7.30. The highest BCUT2D eigenvalue weighted by molar-refractivity contribution is 5.95. The first-order chi connectivity index (χ1) is 11.6. The monoisotopic (exact) mass is 322 g/mol. The molecule has 0 N–H and O–H groups in total. The lowest BCUT2D eigenvalue weighted by Gasteiger charge is -2.28. The largest absolute Gasteiger partial charge is 0.324 e. The average molecular weight is 322 g/mol. The molecule has 2 amide bonds. The molecular formula is C20H22N2O2. The number of anilines is 1. The molecule has 1 aliphatic heterocycles. The smallest absolute Gasteiger partial charge is 0.232 e. The molecule has 1 saturated heterocycles. The van der Waals surface area contributed by atoms with Crippen LogP contribution in [0.2, 0.25) is 0 Å². The van der Waals surface area contributed by atoms with Crippen molar-refractivity contribution in [2.45, 2.75) is 26.2 Å². The van der Waals surface area contributed by atoms with E-state index in [0.717, 1.165) is 29.8 Å². The first-order valence-corrected chi connectivity index (χ1v) is 8.32. The molecular weight excluding hydrogens is 300 g/mol. The molecule has 0 bridgehead atoms. The van der Waals surface area contributed by atoms with Crippen molar-refractivity contribution >= 4 is 17.5 Å². The van der Waals surface area contributed by atoms with E-state index in [1.54, 1.807) is 9.80 Å². The van der Waals surface area contributed by atoms with Crippen molar-refractivity contribution in [3.63, 3.8) is 0 Å². The fourth-order valence-electron chi connectivity index (χ4n) is 2.92. The van der Waals surface area contributed by atoms with Crippen LogP contribution < -0.4 is 4.90 Å². The summed E-state index contributed by atoms with van der Waals surface area (Å²) in [4.78, 5) is 28.3. The van der Waals surface area contributed by atoms with E-state index in [9.17, 15) is 9.59 Å². The zero-order valence-electron chi connectivity index (χ0n) is 13.9. The quantitative estimate of drug-likeness (QED) is 0.848. The van der Waals surface area contributed by atoms with Crippen molar-refractivity contribution in [2.24, 2.45) is 0 Å². The van der Waals surface area contributed by atoms with Gasteiger partial charge in [-0.15, -0.1) is 0 Å². The highest BCUT2D eigenvalue weighted by Gasteiger charge is 2.25. The number of aryl methyl sites for hydroxylation is 1. The molecule has 4 heteroatoms. The second-order valence-corrected chi connectivity index (χ2v) is 6.22. The van der Waals surface area contributed by atoms with E-state index in [4.69, 9.17) is 0 Å². The van der Waals surface area contributed by atoms with E-state index in [2.05, 4.69) is 0 Å². The molecule has 0 spiro atoms. The third-order valence-electron chi connectivity index (χ3n) is 4.33. The summed E-state index contributed by atoms with van der Waals surface area (Å²) in [6.07, 6.45) is 1.78. The number of rotatable bonds is 5. The Morgan fingerprint density at radius 3 is 2.42 bits per heavy atom. The van der Waals surface area contributed by atoms with Gasteiger partial charge in [-0.25, -0.2) is 0 Å². The Kier molecular flexibility index (Phi) is 4.94. The molecule has 1 fully saturated rings. The summed E-state index contributed by atoms with van der Waals surface area (Å²) in [6.45, 7) is 3.07. The molecule has 1 aliphatic rings. The lowest BCUT2D eigenvalue weighted by Crippen LogP contribution is -2.43. The van der Waals surface area contributed by atoms with Gasteiger partial charge in [0.05, 0.1) is 6.42 Å². The minimum Gasteiger partial charge on any atom is -0.324 e. The third-order valence-corrected chi connectivity index (χ3v) is 4.33. The van der Waals surface area contributed by atoms with E-state index in [0.29, 0.717) is 19.5 Å². The molecule has 3 rings (SSSR count). The van der Waals surface area contributed by atoms with Crippen molar-refractivity contribution in [1.29, 1.82) is 0 Å². The second-order valence-electron chi connectivity index (χ2n) is 6.22. The lowest BCUT2D eigenvalue weighted by atomic mass is 10.1. The van der Waals surface area contributed by atoms with Crippen molar-refractivity contribution < 1.29 is 9.59 Å². The molecule has 0 aromatic heterocycles. The standard InChI is InChI=1S/C20H22N2O2/c1-16-9-11-18(12-10-16)22(15-21-13-5-8-19(21)23)20(24)14-17-6-3-2-4-7-17/h2-4,6-7,9-12H,5,8,13-15H2,1H3. The van der Waals surface area contributed by atoms with E-state index in [1.807, 2.05) is 61.5 Å². The minimum atomic E-state index is 0.00440. The van der Waals surface area contributed by atoms with Crippen LogP contribution in [0.4, 0.5) is 5.69 Å². The van der Waals surface area contributed by atoms with Gasteiger partial charge in [-0.3, -0.25) is 14.5 Å². The highest BCUT2D eigenvalue weighted by Crippen LogP contribution is 2.19. The van der Waals surface area contributed by atoms with Crippen LogP contribution in [-0.2, 0) is 16.0 Å². The van der Waals surface area contributed by atoms with E-state index in [1.165, 1.54) is 0 Å². The first kappa shape index (κ1) is 16.2. The van der Waals surface area contributed by atoms with Crippen molar-refractivity contribution in [1.82, 2.24) is 4.90 Å². The number of benzene rings is 2. The summed E-state index contributed by atoms with van der Waals surface area (Å²) >= 11 is 0. The van der Waals surface area contributed by atoms with Crippen LogP contribution in [-0.4, -0.2) is 29.9 Å². The van der Waals surface area contributed by atoms with Crippen LogP contribution in [0.15, 0.2) is 54.6 Å². The van der Waals surface area contributed by atoms with Crippen LogP contribution in [0.1, 0.15) is 24.0 Å². The summed E-state index contributed by atoms with van der Waals surface area (Å²) in [7, 11) is 0. The normalized spacial score (nSPS) is 14.0. The molecule has 2 aromatic carbocycles. The Hall–Kier alpha value is -2.62. The van der Waals surface area contributed by atoms with Gasteiger partial charge >= 0.3 is 0 Å².